The predicted molar refractivity (Wildman–Crippen MR) is 93.3 cm³/mol. The van der Waals surface area contributed by atoms with Crippen molar-refractivity contribution in [3.8, 4) is 0 Å². The molecule has 6 heteroatoms. The van der Waals surface area contributed by atoms with Gasteiger partial charge in [-0.15, -0.1) is 5.10 Å². The molecule has 0 spiro atoms. The molecule has 24 heavy (non-hydrogen) atoms. The van der Waals surface area contributed by atoms with Gasteiger partial charge in [0.25, 0.3) is 0 Å². The van der Waals surface area contributed by atoms with Crippen molar-refractivity contribution in [2.24, 2.45) is 0 Å². The van der Waals surface area contributed by atoms with Crippen LogP contribution in [0.5, 0.6) is 0 Å². The van der Waals surface area contributed by atoms with Gasteiger partial charge in [-0.1, -0.05) is 32.0 Å². The molecule has 5 nitrogen and oxygen atoms in total. The van der Waals surface area contributed by atoms with Crippen molar-refractivity contribution in [3.05, 3.63) is 66.1 Å². The van der Waals surface area contributed by atoms with Crippen molar-refractivity contribution in [3.63, 3.8) is 0 Å². The maximum atomic E-state index is 13.2. The summed E-state index contributed by atoms with van der Waals surface area (Å²) in [5.74, 6) is 1.01. The van der Waals surface area contributed by atoms with E-state index < -0.39 is 0 Å². The molecule has 0 amide bonds. The van der Waals surface area contributed by atoms with Crippen LogP contribution in [0.15, 0.2) is 54.7 Å². The number of benzene rings is 2. The standard InChI is InChI=1S/C18H18FN5/c1-12(2)13-6-8-15(9-7-13)21-17-11-20-24-18(23-17)22-16-5-3-4-14(19)10-16/h3-12H,1-2H3,(H2,21,22,23,24). The van der Waals surface area contributed by atoms with E-state index in [2.05, 4.69) is 51.8 Å². The summed E-state index contributed by atoms with van der Waals surface area (Å²) in [4.78, 5) is 4.33. The fourth-order valence-corrected chi connectivity index (χ4v) is 2.21. The second-order valence-electron chi connectivity index (χ2n) is 5.70. The Morgan fingerprint density at radius 2 is 1.75 bits per heavy atom. The number of aromatic nitrogens is 3. The van der Waals surface area contributed by atoms with Crippen LogP contribution in [-0.4, -0.2) is 15.2 Å². The molecule has 0 saturated heterocycles. The number of anilines is 4. The zero-order valence-corrected chi connectivity index (χ0v) is 13.5. The summed E-state index contributed by atoms with van der Waals surface area (Å²) in [5, 5.41) is 13.9. The molecule has 0 atom stereocenters. The van der Waals surface area contributed by atoms with Crippen molar-refractivity contribution in [2.45, 2.75) is 19.8 Å². The lowest BCUT2D eigenvalue weighted by Gasteiger charge is -2.09. The van der Waals surface area contributed by atoms with Crippen LogP contribution in [0.4, 0.5) is 27.5 Å². The molecule has 0 aliphatic rings. The van der Waals surface area contributed by atoms with Crippen molar-refractivity contribution in [1.29, 1.82) is 0 Å². The first-order chi connectivity index (χ1) is 11.6. The second kappa shape index (κ2) is 7.04. The van der Waals surface area contributed by atoms with Gasteiger partial charge in [-0.3, -0.25) is 0 Å². The number of rotatable bonds is 5. The SMILES string of the molecule is CC(C)c1ccc(Nc2cnnc(Nc3cccc(F)c3)n2)cc1. The van der Waals surface area contributed by atoms with Crippen LogP contribution in [-0.2, 0) is 0 Å². The molecule has 2 N–H and O–H groups in total. The Bertz CT molecular complexity index is 818. The molecule has 0 aliphatic heterocycles. The first kappa shape index (κ1) is 15.9. The number of hydrogen-bond acceptors (Lipinski definition) is 5. The van der Waals surface area contributed by atoms with Crippen LogP contribution >= 0.6 is 0 Å². The minimum Gasteiger partial charge on any atom is -0.339 e. The molecule has 0 fully saturated rings. The fraction of sp³-hybridized carbons (Fsp3) is 0.167. The zero-order valence-electron chi connectivity index (χ0n) is 13.5. The van der Waals surface area contributed by atoms with Gasteiger partial charge in [0, 0.05) is 11.4 Å². The van der Waals surface area contributed by atoms with E-state index in [0.717, 1.165) is 5.69 Å². The molecule has 0 unspecified atom stereocenters. The highest BCUT2D eigenvalue weighted by atomic mass is 19.1. The van der Waals surface area contributed by atoms with Gasteiger partial charge in [0.2, 0.25) is 5.95 Å². The molecule has 1 aromatic heterocycles. The van der Waals surface area contributed by atoms with Crippen LogP contribution in [0.25, 0.3) is 0 Å². The third-order valence-electron chi connectivity index (χ3n) is 3.49. The van der Waals surface area contributed by atoms with Crippen LogP contribution in [0.3, 0.4) is 0 Å². The quantitative estimate of drug-likeness (QED) is 0.717. The van der Waals surface area contributed by atoms with Crippen molar-refractivity contribution in [2.75, 3.05) is 10.6 Å². The molecule has 0 aliphatic carbocycles. The highest BCUT2D eigenvalue weighted by molar-refractivity contribution is 5.58. The van der Waals surface area contributed by atoms with Gasteiger partial charge in [-0.25, -0.2) is 4.39 Å². The van der Waals surface area contributed by atoms with Crippen LogP contribution in [0.2, 0.25) is 0 Å². The van der Waals surface area contributed by atoms with Crippen molar-refractivity contribution >= 4 is 23.1 Å². The number of halogens is 1. The van der Waals surface area contributed by atoms with Gasteiger partial charge in [-0.05, 0) is 41.8 Å². The van der Waals surface area contributed by atoms with Gasteiger partial charge in [0.1, 0.15) is 5.82 Å². The summed E-state index contributed by atoms with van der Waals surface area (Å²) in [6, 6.07) is 14.2. The Balaban J connectivity index is 1.73. The fourth-order valence-electron chi connectivity index (χ4n) is 2.21. The summed E-state index contributed by atoms with van der Waals surface area (Å²) in [6.45, 7) is 4.31. The summed E-state index contributed by atoms with van der Waals surface area (Å²) < 4.78 is 13.2. The molecule has 0 radical (unpaired) electrons. The minimum atomic E-state index is -0.326. The largest absolute Gasteiger partial charge is 0.339 e. The minimum absolute atomic E-state index is 0.296. The van der Waals surface area contributed by atoms with E-state index >= 15 is 0 Å². The van der Waals surface area contributed by atoms with Crippen LogP contribution < -0.4 is 10.6 Å². The van der Waals surface area contributed by atoms with Crippen LogP contribution in [0.1, 0.15) is 25.3 Å². The predicted octanol–water partition coefficient (Wildman–Crippen LogP) is 4.62. The normalized spacial score (nSPS) is 10.7. The van der Waals surface area contributed by atoms with Crippen LogP contribution in [0, 0.1) is 5.82 Å². The van der Waals surface area contributed by atoms with E-state index in [0.29, 0.717) is 23.4 Å². The van der Waals surface area contributed by atoms with Gasteiger partial charge in [0.15, 0.2) is 5.82 Å². The highest BCUT2D eigenvalue weighted by Gasteiger charge is 2.04. The van der Waals surface area contributed by atoms with Gasteiger partial charge in [-0.2, -0.15) is 10.1 Å². The summed E-state index contributed by atoms with van der Waals surface area (Å²) >= 11 is 0. The number of nitrogens with zero attached hydrogens (tertiary/aromatic N) is 3. The van der Waals surface area contributed by atoms with E-state index in [1.165, 1.54) is 23.9 Å². The maximum Gasteiger partial charge on any atom is 0.249 e. The monoisotopic (exact) mass is 323 g/mol. The van der Waals surface area contributed by atoms with E-state index in [-0.39, 0.29) is 5.82 Å². The molecular weight excluding hydrogens is 305 g/mol. The van der Waals surface area contributed by atoms with Crippen molar-refractivity contribution in [1.82, 2.24) is 15.2 Å². The lowest BCUT2D eigenvalue weighted by Crippen LogP contribution is -2.02. The number of hydrogen-bond donors (Lipinski definition) is 2. The lowest BCUT2D eigenvalue weighted by atomic mass is 10.0. The Kier molecular flexibility index (Phi) is 4.65. The maximum absolute atomic E-state index is 13.2. The smallest absolute Gasteiger partial charge is 0.249 e. The lowest BCUT2D eigenvalue weighted by molar-refractivity contribution is 0.628. The molecule has 0 saturated carbocycles. The summed E-state index contributed by atoms with van der Waals surface area (Å²) in [6.07, 6.45) is 1.53. The van der Waals surface area contributed by atoms with Crippen molar-refractivity contribution < 1.29 is 4.39 Å². The topological polar surface area (TPSA) is 62.7 Å². The Hall–Kier alpha value is -3.02. The Morgan fingerprint density at radius 1 is 0.958 bits per heavy atom. The second-order valence-corrected chi connectivity index (χ2v) is 5.70. The molecule has 3 aromatic rings. The van der Waals surface area contributed by atoms with E-state index in [1.807, 2.05) is 12.1 Å². The molecule has 0 bridgehead atoms. The first-order valence-electron chi connectivity index (χ1n) is 7.69. The third kappa shape index (κ3) is 4.04. The Morgan fingerprint density at radius 3 is 2.46 bits per heavy atom. The molecule has 122 valence electrons. The van der Waals surface area contributed by atoms with Gasteiger partial charge >= 0.3 is 0 Å². The summed E-state index contributed by atoms with van der Waals surface area (Å²) in [5.41, 5.74) is 2.75. The first-order valence-corrected chi connectivity index (χ1v) is 7.69. The average Bonchev–Trinajstić information content (AvgIpc) is 2.56. The molecular formula is C18H18FN5. The molecule has 1 heterocycles. The Labute approximate surface area is 140 Å². The molecule has 3 rings (SSSR count). The van der Waals surface area contributed by atoms with Gasteiger partial charge < -0.3 is 10.6 Å². The van der Waals surface area contributed by atoms with E-state index in [1.54, 1.807) is 12.1 Å². The third-order valence-corrected chi connectivity index (χ3v) is 3.49. The average molecular weight is 323 g/mol. The highest BCUT2D eigenvalue weighted by Crippen LogP contribution is 2.20. The zero-order chi connectivity index (χ0) is 16.9. The van der Waals surface area contributed by atoms with Gasteiger partial charge in [0.05, 0.1) is 6.20 Å². The number of nitrogens with one attached hydrogen (secondary N) is 2. The summed E-state index contributed by atoms with van der Waals surface area (Å²) in [7, 11) is 0. The molecule has 2 aromatic carbocycles. The van der Waals surface area contributed by atoms with E-state index in [4.69, 9.17) is 0 Å². The van der Waals surface area contributed by atoms with E-state index in [9.17, 15) is 4.39 Å².